The maximum Gasteiger partial charge on any atom is 0.359 e. The Morgan fingerprint density at radius 2 is 1.71 bits per heavy atom. The molecule has 38 heavy (non-hydrogen) atoms. The number of methoxy groups -OCH3 is 2. The van der Waals surface area contributed by atoms with Gasteiger partial charge in [0, 0.05) is 18.3 Å². The number of carbonyl (C=O) groups is 2. The molecule has 2 aliphatic rings. The molecule has 0 N–H and O–H groups in total. The van der Waals surface area contributed by atoms with Crippen molar-refractivity contribution in [3.63, 3.8) is 0 Å². The molecule has 2 aromatic carbocycles. The average Bonchev–Trinajstić information content (AvgIpc) is 3.37. The number of hydrogen-bond acceptors (Lipinski definition) is 8. The minimum Gasteiger partial charge on any atom is -0.497 e. The summed E-state index contributed by atoms with van der Waals surface area (Å²) in [4.78, 5) is 33.6. The van der Waals surface area contributed by atoms with E-state index in [1.54, 1.807) is 14.2 Å². The van der Waals surface area contributed by atoms with E-state index >= 15 is 0 Å². The summed E-state index contributed by atoms with van der Waals surface area (Å²) in [5.41, 5.74) is 4.00. The number of ether oxygens (including phenoxy) is 3. The van der Waals surface area contributed by atoms with Gasteiger partial charge in [0.1, 0.15) is 11.5 Å². The number of rotatable bonds is 7. The number of hydrogen-bond donors (Lipinski definition) is 0. The Morgan fingerprint density at radius 3 is 2.37 bits per heavy atom. The summed E-state index contributed by atoms with van der Waals surface area (Å²) in [6, 6.07) is 15.2. The van der Waals surface area contributed by atoms with E-state index in [9.17, 15) is 9.59 Å². The summed E-state index contributed by atoms with van der Waals surface area (Å²) in [7, 11) is 3.26. The van der Waals surface area contributed by atoms with Crippen LogP contribution in [-0.2, 0) is 9.53 Å². The van der Waals surface area contributed by atoms with E-state index in [4.69, 9.17) is 19.3 Å². The second kappa shape index (κ2) is 11.2. The molecule has 9 heteroatoms. The molecule has 2 atom stereocenters. The fourth-order valence-electron chi connectivity index (χ4n) is 4.91. The SMILES string of the molecule is COc1ccc(/C=C2/CCCC3C2=NN(C(=O)COC(=O)c2cnccn2)C3c2ccc(OC)cc2)cc1. The molecule has 5 rings (SSSR count). The Morgan fingerprint density at radius 1 is 1.00 bits per heavy atom. The van der Waals surface area contributed by atoms with Crippen molar-refractivity contribution in [2.45, 2.75) is 25.3 Å². The van der Waals surface area contributed by atoms with E-state index in [0.717, 1.165) is 53.2 Å². The normalized spacial score (nSPS) is 19.5. The molecule has 0 saturated heterocycles. The molecule has 3 aromatic rings. The molecule has 1 aliphatic heterocycles. The van der Waals surface area contributed by atoms with Crippen LogP contribution in [0.1, 0.15) is 46.9 Å². The smallest absolute Gasteiger partial charge is 0.359 e. The van der Waals surface area contributed by atoms with E-state index in [0.29, 0.717) is 0 Å². The standard InChI is InChI=1S/C29H28N4O5/c1-36-22-10-6-19(7-11-22)16-21-4-3-5-24-27(21)32-33(28(24)20-8-12-23(37-2)13-9-20)26(34)18-38-29(35)25-17-30-14-15-31-25/h6-17,24,28H,3-5,18H2,1-2H3/b21-16-. The molecule has 194 valence electrons. The van der Waals surface area contributed by atoms with Crippen molar-refractivity contribution in [1.82, 2.24) is 15.0 Å². The van der Waals surface area contributed by atoms with Crippen LogP contribution in [0.5, 0.6) is 11.5 Å². The highest BCUT2D eigenvalue weighted by Gasteiger charge is 2.43. The molecule has 1 fully saturated rings. The van der Waals surface area contributed by atoms with Gasteiger partial charge in [0.15, 0.2) is 12.3 Å². The zero-order chi connectivity index (χ0) is 26.5. The van der Waals surface area contributed by atoms with Gasteiger partial charge < -0.3 is 14.2 Å². The Bertz CT molecular complexity index is 1350. The second-order valence-electron chi connectivity index (χ2n) is 9.05. The Hall–Kier alpha value is -4.53. The van der Waals surface area contributed by atoms with Gasteiger partial charge >= 0.3 is 5.97 Å². The van der Waals surface area contributed by atoms with Gasteiger partial charge in [-0.3, -0.25) is 9.78 Å². The lowest BCUT2D eigenvalue weighted by Crippen LogP contribution is -2.34. The van der Waals surface area contributed by atoms with E-state index in [-0.39, 0.29) is 17.7 Å². The number of nitrogens with zero attached hydrogens (tertiary/aromatic N) is 4. The predicted octanol–water partition coefficient (Wildman–Crippen LogP) is 4.47. The fourth-order valence-corrected chi connectivity index (χ4v) is 4.91. The fraction of sp³-hybridized carbons (Fsp3) is 0.276. The Balaban J connectivity index is 1.44. The zero-order valence-corrected chi connectivity index (χ0v) is 21.2. The van der Waals surface area contributed by atoms with Crippen LogP contribution >= 0.6 is 0 Å². The third kappa shape index (κ3) is 5.27. The highest BCUT2D eigenvalue weighted by Crippen LogP contribution is 2.44. The Kier molecular flexibility index (Phi) is 7.44. The molecule has 1 aliphatic carbocycles. The number of esters is 1. The van der Waals surface area contributed by atoms with Gasteiger partial charge in [-0.1, -0.05) is 24.3 Å². The lowest BCUT2D eigenvalue weighted by molar-refractivity contribution is -0.137. The van der Waals surface area contributed by atoms with Crippen LogP contribution in [0.25, 0.3) is 6.08 Å². The summed E-state index contributed by atoms with van der Waals surface area (Å²) < 4.78 is 15.9. The van der Waals surface area contributed by atoms with Crippen molar-refractivity contribution in [3.8, 4) is 11.5 Å². The van der Waals surface area contributed by atoms with E-state index in [1.807, 2.05) is 48.5 Å². The maximum atomic E-state index is 13.4. The molecule has 1 saturated carbocycles. The summed E-state index contributed by atoms with van der Waals surface area (Å²) in [6.45, 7) is -0.455. The molecule has 1 amide bonds. The van der Waals surface area contributed by atoms with Crippen LogP contribution < -0.4 is 9.47 Å². The number of amides is 1. The first-order chi connectivity index (χ1) is 18.6. The lowest BCUT2D eigenvalue weighted by Gasteiger charge is -2.29. The maximum absolute atomic E-state index is 13.4. The van der Waals surface area contributed by atoms with Gasteiger partial charge in [-0.15, -0.1) is 0 Å². The van der Waals surface area contributed by atoms with Crippen LogP contribution in [-0.4, -0.2) is 53.4 Å². The molecular weight excluding hydrogens is 484 g/mol. The van der Waals surface area contributed by atoms with Crippen LogP contribution in [0.4, 0.5) is 0 Å². The summed E-state index contributed by atoms with van der Waals surface area (Å²) >= 11 is 0. The highest BCUT2D eigenvalue weighted by atomic mass is 16.5. The molecule has 2 heterocycles. The van der Waals surface area contributed by atoms with Gasteiger partial charge in [-0.2, -0.15) is 5.10 Å². The molecule has 9 nitrogen and oxygen atoms in total. The Labute approximate surface area is 220 Å². The van der Waals surface area contributed by atoms with Crippen molar-refractivity contribution in [2.24, 2.45) is 11.0 Å². The van der Waals surface area contributed by atoms with E-state index < -0.39 is 18.5 Å². The molecular formula is C29H28N4O5. The molecule has 0 spiro atoms. The van der Waals surface area contributed by atoms with Crippen LogP contribution in [0.2, 0.25) is 0 Å². The third-order valence-electron chi connectivity index (χ3n) is 6.77. The van der Waals surface area contributed by atoms with Gasteiger partial charge in [-0.25, -0.2) is 14.8 Å². The van der Waals surface area contributed by atoms with Crippen molar-refractivity contribution in [3.05, 3.63) is 89.5 Å². The summed E-state index contributed by atoms with van der Waals surface area (Å²) in [6.07, 6.45) is 9.00. The number of benzene rings is 2. The van der Waals surface area contributed by atoms with Crippen molar-refractivity contribution in [1.29, 1.82) is 0 Å². The molecule has 0 radical (unpaired) electrons. The van der Waals surface area contributed by atoms with Crippen LogP contribution in [0.15, 0.2) is 77.8 Å². The van der Waals surface area contributed by atoms with Gasteiger partial charge in [0.2, 0.25) is 0 Å². The van der Waals surface area contributed by atoms with Crippen LogP contribution in [0.3, 0.4) is 0 Å². The minimum absolute atomic E-state index is 0.0151. The molecule has 1 aromatic heterocycles. The predicted molar refractivity (Wildman–Crippen MR) is 141 cm³/mol. The summed E-state index contributed by atoms with van der Waals surface area (Å²) in [5, 5.41) is 6.30. The first kappa shape index (κ1) is 25.1. The topological polar surface area (TPSA) is 103 Å². The van der Waals surface area contributed by atoms with Crippen molar-refractivity contribution < 1.29 is 23.8 Å². The third-order valence-corrected chi connectivity index (χ3v) is 6.77. The number of carbonyl (C=O) groups excluding carboxylic acids is 2. The summed E-state index contributed by atoms with van der Waals surface area (Å²) in [5.74, 6) is 0.415. The first-order valence-corrected chi connectivity index (χ1v) is 12.4. The highest BCUT2D eigenvalue weighted by molar-refractivity contribution is 6.08. The lowest BCUT2D eigenvalue weighted by atomic mass is 9.77. The first-order valence-electron chi connectivity index (χ1n) is 12.4. The van der Waals surface area contributed by atoms with Gasteiger partial charge in [0.25, 0.3) is 5.91 Å². The van der Waals surface area contributed by atoms with Gasteiger partial charge in [-0.05, 0) is 66.3 Å². The van der Waals surface area contributed by atoms with Crippen molar-refractivity contribution >= 4 is 23.7 Å². The average molecular weight is 513 g/mol. The number of fused-ring (bicyclic) bond motifs is 1. The number of allylic oxidation sites excluding steroid dienone is 1. The van der Waals surface area contributed by atoms with E-state index in [2.05, 4.69) is 16.0 Å². The quantitative estimate of drug-likeness (QED) is 0.430. The zero-order valence-electron chi connectivity index (χ0n) is 21.2. The van der Waals surface area contributed by atoms with Crippen LogP contribution in [0, 0.1) is 5.92 Å². The largest absolute Gasteiger partial charge is 0.497 e. The molecule has 0 bridgehead atoms. The minimum atomic E-state index is -0.711. The molecule has 2 unspecified atom stereocenters. The van der Waals surface area contributed by atoms with E-state index in [1.165, 1.54) is 23.6 Å². The van der Waals surface area contributed by atoms with Crippen molar-refractivity contribution in [2.75, 3.05) is 20.8 Å². The number of hydrazone groups is 1. The monoisotopic (exact) mass is 512 g/mol. The van der Waals surface area contributed by atoms with Gasteiger partial charge in [0.05, 0.1) is 32.2 Å². The second-order valence-corrected chi connectivity index (χ2v) is 9.05. The number of aromatic nitrogens is 2.